The number of carbonyl (C=O) groups is 5. The molecule has 0 aliphatic rings. The van der Waals surface area contributed by atoms with Gasteiger partial charge in [0.05, 0.1) is 48.8 Å². The first-order valence-electron chi connectivity index (χ1n) is 26.1. The van der Waals surface area contributed by atoms with E-state index >= 15 is 4.39 Å². The number of aromatic hydroxyl groups is 1. The van der Waals surface area contributed by atoms with E-state index in [1.165, 1.54) is 30.7 Å². The van der Waals surface area contributed by atoms with Gasteiger partial charge in [-0.1, -0.05) is 109 Å². The maximum absolute atomic E-state index is 15.2. The van der Waals surface area contributed by atoms with Crippen LogP contribution in [-0.2, 0) is 53.0 Å². The van der Waals surface area contributed by atoms with Gasteiger partial charge in [0.2, 0.25) is 0 Å². The van der Waals surface area contributed by atoms with Gasteiger partial charge in [0.15, 0.2) is 0 Å². The van der Waals surface area contributed by atoms with Crippen LogP contribution in [0.25, 0.3) is 32.7 Å². The van der Waals surface area contributed by atoms with Crippen molar-refractivity contribution in [1.82, 2.24) is 13.7 Å². The van der Waals surface area contributed by atoms with Crippen molar-refractivity contribution < 1.29 is 96.7 Å². The van der Waals surface area contributed by atoms with Crippen LogP contribution in [0.3, 0.4) is 0 Å². The molecule has 3 unspecified atom stereocenters. The lowest BCUT2D eigenvalue weighted by atomic mass is 10.1. The van der Waals surface area contributed by atoms with Gasteiger partial charge in [-0.05, 0) is 134 Å². The fourth-order valence-corrected chi connectivity index (χ4v) is 9.67. The van der Waals surface area contributed by atoms with Gasteiger partial charge < -0.3 is 48.2 Å². The number of nitrogens with two attached hydrogens (primary N) is 1. The molecule has 0 radical (unpaired) electrons. The number of phenols is 1. The third-order valence-corrected chi connectivity index (χ3v) is 15.3. The summed E-state index contributed by atoms with van der Waals surface area (Å²) in [6, 6.07) is 47.1. The zero-order valence-electron chi connectivity index (χ0n) is 48.0. The number of carbonyl (C=O) groups excluding carboxylic acids is 5. The molecule has 3 aromatic heterocycles. The Balaban J connectivity index is 0.000000204. The van der Waals surface area contributed by atoms with Crippen LogP contribution in [0.4, 0.5) is 43.9 Å². The Morgan fingerprint density at radius 3 is 1.23 bits per heavy atom. The third-order valence-electron chi connectivity index (χ3n) is 13.5. The number of hydrogen-bond acceptors (Lipinski definition) is 11. The Labute approximate surface area is 531 Å². The highest BCUT2D eigenvalue weighted by Gasteiger charge is 2.65. The maximum atomic E-state index is 15.2. The van der Waals surface area contributed by atoms with Crippen molar-refractivity contribution in [2.75, 3.05) is 21.3 Å². The van der Waals surface area contributed by atoms with Crippen LogP contribution in [0.15, 0.2) is 158 Å². The summed E-state index contributed by atoms with van der Waals surface area (Å²) in [4.78, 5) is 49.3. The largest absolute Gasteiger partial charge is 0.507 e. The molecule has 0 saturated heterocycles. The zero-order chi connectivity index (χ0) is 66.9. The first-order valence-corrected chi connectivity index (χ1v) is 28.5. The predicted molar refractivity (Wildman–Crippen MR) is 323 cm³/mol. The quantitative estimate of drug-likeness (QED) is 0.0220. The zero-order valence-corrected chi connectivity index (χ0v) is 52.8. The van der Waals surface area contributed by atoms with Crippen molar-refractivity contribution in [3.8, 4) is 17.2 Å². The molecule has 15 nitrogen and oxygen atoms in total. The number of methoxy groups -OCH3 is 3. The number of aryl methyl sites for hydroxylation is 2. The number of esters is 3. The molecular weight excluding hydrogens is 1410 g/mol. The molecular formula is C62H53Br3F10N4O11. The van der Waals surface area contributed by atoms with Crippen molar-refractivity contribution in [2.45, 2.75) is 72.5 Å². The molecule has 9 rings (SSSR count). The lowest BCUT2D eigenvalue weighted by Crippen LogP contribution is -2.52. The molecule has 3 N–H and O–H groups in total. The number of primary amides is 1. The number of rotatable bonds is 17. The standard InChI is InChI=1S/C22H18BrF3N2O5.C20H17BrF3NO3.C16H15NO.C4H3BrF4O2/c1-12-16(18(29)19(27)30)17-14(28(12)11-13-7-4-3-5-8-13)9-6-10-15(17)33-21(24,20(31)32-2)22(23,25)26;1-13-11-15-16(25(13)12-14-7-4-3-5-8-14)9-6-10-17(15)28-19(22,18(26)27-2)20(21,23)24;1-12-10-14-15(8-5-9-16(14)18)17(12)11-13-6-3-2-4-7-13;1-11-2(10)3(5,6)4(7,8)9/h3-10H,11H2,1-2H3,(H2,27,30);3-11H,12H2,1-2H3;2-10,18H,11H2,1H3;1H3. The van der Waals surface area contributed by atoms with Crippen LogP contribution in [0, 0.1) is 20.8 Å². The van der Waals surface area contributed by atoms with E-state index < -0.39 is 67.5 Å². The molecule has 0 aliphatic heterocycles. The number of phenolic OH excluding ortho intramolecular Hbond substituents is 1. The van der Waals surface area contributed by atoms with E-state index in [0.29, 0.717) is 37.4 Å². The van der Waals surface area contributed by atoms with Crippen molar-refractivity contribution in [3.63, 3.8) is 0 Å². The second kappa shape index (κ2) is 28.6. The van der Waals surface area contributed by atoms with Crippen LogP contribution >= 0.6 is 47.8 Å². The summed E-state index contributed by atoms with van der Waals surface area (Å²) < 4.78 is 156. The summed E-state index contributed by atoms with van der Waals surface area (Å²) in [7, 11) is 2.17. The van der Waals surface area contributed by atoms with Gasteiger partial charge in [0.25, 0.3) is 11.7 Å². The highest BCUT2D eigenvalue weighted by molar-refractivity contribution is 9.10. The van der Waals surface area contributed by atoms with Crippen molar-refractivity contribution in [3.05, 3.63) is 197 Å². The summed E-state index contributed by atoms with van der Waals surface area (Å²) in [5, 5.41) is 11.0. The first kappa shape index (κ1) is 70.7. The van der Waals surface area contributed by atoms with E-state index in [9.17, 15) is 68.6 Å². The average molecular weight is 1460 g/mol. The summed E-state index contributed by atoms with van der Waals surface area (Å²) in [5.74, 6) is -17.0. The number of fused-ring (bicyclic) bond motifs is 3. The van der Waals surface area contributed by atoms with E-state index in [2.05, 4.69) is 37.8 Å². The van der Waals surface area contributed by atoms with Gasteiger partial charge in [0.1, 0.15) is 17.2 Å². The number of nitrogens with zero attached hydrogens (tertiary/aromatic N) is 3. The normalized spacial score (nSPS) is 13.5. The van der Waals surface area contributed by atoms with Crippen molar-refractivity contribution in [2.24, 2.45) is 5.73 Å². The minimum atomic E-state index is -5.31. The van der Waals surface area contributed by atoms with Gasteiger partial charge in [-0.2, -0.15) is 39.5 Å². The third kappa shape index (κ3) is 15.4. The molecule has 3 atom stereocenters. The number of benzene rings is 6. The Bertz CT molecular complexity index is 4050. The van der Waals surface area contributed by atoms with E-state index in [4.69, 9.17) is 15.2 Å². The minimum absolute atomic E-state index is 0.155. The monoisotopic (exact) mass is 1460 g/mol. The highest BCUT2D eigenvalue weighted by atomic mass is 79.9. The van der Waals surface area contributed by atoms with Gasteiger partial charge in [-0.3, -0.25) is 9.59 Å². The van der Waals surface area contributed by atoms with E-state index in [1.54, 1.807) is 56.9 Å². The first-order chi connectivity index (χ1) is 42.1. The number of ether oxygens (including phenoxy) is 5. The summed E-state index contributed by atoms with van der Waals surface area (Å²) in [5.41, 5.74) is 12.3. The molecule has 478 valence electrons. The number of alkyl halides is 13. The number of halogens is 13. The Hall–Kier alpha value is -8.37. The summed E-state index contributed by atoms with van der Waals surface area (Å²) >= 11 is 5.27. The summed E-state index contributed by atoms with van der Waals surface area (Å²) in [6.45, 7) is 7.03. The van der Waals surface area contributed by atoms with Gasteiger partial charge >= 0.3 is 50.0 Å². The fourth-order valence-electron chi connectivity index (χ4n) is 9.02. The van der Waals surface area contributed by atoms with E-state index in [1.807, 2.05) is 128 Å². The number of amides is 1. The molecule has 1 amide bonds. The molecule has 90 heavy (non-hydrogen) atoms. The van der Waals surface area contributed by atoms with Crippen LogP contribution in [0.2, 0.25) is 0 Å². The van der Waals surface area contributed by atoms with E-state index in [0.717, 1.165) is 53.1 Å². The molecule has 6 aromatic carbocycles. The molecule has 0 fully saturated rings. The van der Waals surface area contributed by atoms with E-state index in [-0.39, 0.29) is 34.5 Å². The Morgan fingerprint density at radius 1 is 0.478 bits per heavy atom. The predicted octanol–water partition coefficient (Wildman–Crippen LogP) is 14.6. The number of aromatic nitrogens is 3. The topological polar surface area (TPSA) is 193 Å². The second-order valence-electron chi connectivity index (χ2n) is 19.4. The Morgan fingerprint density at radius 2 is 0.844 bits per heavy atom. The molecule has 0 saturated carbocycles. The molecule has 28 heteroatoms. The van der Waals surface area contributed by atoms with Crippen molar-refractivity contribution in [1.29, 1.82) is 0 Å². The fraction of sp³-hybridized carbons (Fsp3) is 0.242. The highest BCUT2D eigenvalue weighted by Crippen LogP contribution is 2.46. The number of hydrogen-bond donors (Lipinski definition) is 2. The van der Waals surface area contributed by atoms with Crippen LogP contribution in [-0.4, -0.2) is 102 Å². The molecule has 0 spiro atoms. The van der Waals surface area contributed by atoms with Crippen molar-refractivity contribution >= 4 is 110 Å². The van der Waals surface area contributed by atoms with Crippen LogP contribution < -0.4 is 15.2 Å². The SMILES string of the molecule is COC(=O)C(F)(Br)C(F)(F)F.COC(=O)C(F)(Oc1cccc2c1c(C(=O)C(N)=O)c(C)n2Cc1ccccc1)C(F)(F)Br.COC(=O)C(F)(Oc1cccc2c1cc(C)n2Cc1ccccc1)C(F)(F)Br.Cc1cc2c(O)cccc2n1Cc1ccccc1. The lowest BCUT2D eigenvalue weighted by molar-refractivity contribution is -0.213. The molecule has 9 aromatic rings. The lowest BCUT2D eigenvalue weighted by Gasteiger charge is -2.27. The summed E-state index contributed by atoms with van der Waals surface area (Å²) in [6.07, 6.45) is -5.31. The van der Waals surface area contributed by atoms with Crippen LogP contribution in [0.1, 0.15) is 44.1 Å². The van der Waals surface area contributed by atoms with Gasteiger partial charge in [0, 0.05) is 47.5 Å². The molecule has 3 heterocycles. The molecule has 0 bridgehead atoms. The average Bonchev–Trinajstić information content (AvgIpc) is 1.57. The van der Waals surface area contributed by atoms with Gasteiger partial charge in [-0.25, -0.2) is 18.8 Å². The molecule has 0 aliphatic carbocycles. The maximum Gasteiger partial charge on any atom is 0.444 e. The van der Waals surface area contributed by atoms with Gasteiger partial charge in [-0.15, -0.1) is 0 Å². The van der Waals surface area contributed by atoms with Crippen LogP contribution in [0.5, 0.6) is 17.2 Å². The number of ketones is 1. The number of Topliss-reactive ketones (excluding diaryl/α,β-unsaturated/α-hetero) is 1. The smallest absolute Gasteiger partial charge is 0.444 e. The second-order valence-corrected chi connectivity index (χ2v) is 22.5. The minimum Gasteiger partial charge on any atom is -0.507 e. The Kier molecular flexibility index (Phi) is 22.5.